The lowest BCUT2D eigenvalue weighted by atomic mass is 9.62. The van der Waals surface area contributed by atoms with Crippen LogP contribution in [0.3, 0.4) is 0 Å². The lowest BCUT2D eigenvalue weighted by molar-refractivity contribution is -0.148. The Morgan fingerprint density at radius 2 is 2.33 bits per heavy atom. The minimum absolute atomic E-state index is 0.0128. The monoisotopic (exact) mass is 270 g/mol. The van der Waals surface area contributed by atoms with Gasteiger partial charge in [0, 0.05) is 22.9 Å². The molecule has 0 aromatic carbocycles. The number of hydrogen-bond donors (Lipinski definition) is 2. The summed E-state index contributed by atoms with van der Waals surface area (Å²) in [6, 6.07) is 1.73. The molecule has 0 radical (unpaired) electrons. The van der Waals surface area contributed by atoms with Crippen molar-refractivity contribution in [1.82, 2.24) is 4.98 Å². The fourth-order valence-electron chi connectivity index (χ4n) is 2.11. The number of nitrogens with two attached hydrogens (primary N) is 1. The van der Waals surface area contributed by atoms with Crippen molar-refractivity contribution in [2.75, 3.05) is 0 Å². The van der Waals surface area contributed by atoms with E-state index in [0.29, 0.717) is 12.8 Å². The zero-order chi connectivity index (χ0) is 11.1. The highest BCUT2D eigenvalue weighted by Gasteiger charge is 2.51. The Morgan fingerprint density at radius 1 is 1.67 bits per heavy atom. The van der Waals surface area contributed by atoms with Crippen LogP contribution >= 0.6 is 15.9 Å². The maximum Gasteiger partial charge on any atom is 0.314 e. The molecule has 1 aromatic heterocycles. The van der Waals surface area contributed by atoms with Crippen molar-refractivity contribution in [3.63, 3.8) is 0 Å². The predicted molar refractivity (Wildman–Crippen MR) is 58.5 cm³/mol. The molecule has 15 heavy (non-hydrogen) atoms. The molecule has 0 spiro atoms. The third kappa shape index (κ3) is 1.55. The quantitative estimate of drug-likeness (QED) is 0.849. The van der Waals surface area contributed by atoms with Crippen LogP contribution in [0.15, 0.2) is 22.9 Å². The van der Waals surface area contributed by atoms with Crippen molar-refractivity contribution in [3.05, 3.63) is 28.5 Å². The Morgan fingerprint density at radius 3 is 2.80 bits per heavy atom. The number of carboxylic acid groups (broad SMARTS) is 1. The molecule has 5 heteroatoms. The van der Waals surface area contributed by atoms with E-state index in [9.17, 15) is 9.90 Å². The van der Waals surface area contributed by atoms with E-state index in [4.69, 9.17) is 5.73 Å². The molecule has 1 aromatic rings. The summed E-state index contributed by atoms with van der Waals surface area (Å²) in [5.74, 6) is -0.809. The predicted octanol–water partition coefficient (Wildman–Crippen LogP) is 1.29. The summed E-state index contributed by atoms with van der Waals surface area (Å²) in [4.78, 5) is 15.2. The Kier molecular flexibility index (Phi) is 2.52. The fraction of sp³-hybridized carbons (Fsp3) is 0.400. The van der Waals surface area contributed by atoms with E-state index < -0.39 is 11.4 Å². The van der Waals surface area contributed by atoms with Crippen molar-refractivity contribution in [1.29, 1.82) is 0 Å². The third-order valence-electron chi connectivity index (χ3n) is 2.92. The van der Waals surface area contributed by atoms with Crippen LogP contribution in [0.2, 0.25) is 0 Å². The van der Waals surface area contributed by atoms with Gasteiger partial charge in [-0.2, -0.15) is 0 Å². The highest BCUT2D eigenvalue weighted by atomic mass is 79.9. The number of aliphatic carboxylic acids is 1. The SMILES string of the molecule is NC1CC(C(=O)O)(c2ccncc2Br)C1. The number of halogens is 1. The third-order valence-corrected chi connectivity index (χ3v) is 3.55. The van der Waals surface area contributed by atoms with E-state index in [0.717, 1.165) is 10.0 Å². The molecule has 0 bridgehead atoms. The Bertz CT molecular complexity index is 402. The van der Waals surface area contributed by atoms with Gasteiger partial charge >= 0.3 is 5.97 Å². The summed E-state index contributed by atoms with van der Waals surface area (Å²) >= 11 is 3.33. The summed E-state index contributed by atoms with van der Waals surface area (Å²) in [7, 11) is 0. The smallest absolute Gasteiger partial charge is 0.314 e. The van der Waals surface area contributed by atoms with Crippen LogP contribution in [0, 0.1) is 0 Å². The van der Waals surface area contributed by atoms with Gasteiger partial charge < -0.3 is 10.8 Å². The van der Waals surface area contributed by atoms with Gasteiger partial charge in [0.05, 0.1) is 5.41 Å². The maximum atomic E-state index is 11.3. The largest absolute Gasteiger partial charge is 0.481 e. The van der Waals surface area contributed by atoms with Crippen molar-refractivity contribution in [2.24, 2.45) is 5.73 Å². The second kappa shape index (κ2) is 3.57. The van der Waals surface area contributed by atoms with Gasteiger partial charge in [0.25, 0.3) is 0 Å². The van der Waals surface area contributed by atoms with Crippen LogP contribution in [-0.2, 0) is 10.2 Å². The van der Waals surface area contributed by atoms with Gasteiger partial charge in [0.2, 0.25) is 0 Å². The van der Waals surface area contributed by atoms with Crippen LogP contribution in [0.25, 0.3) is 0 Å². The van der Waals surface area contributed by atoms with E-state index >= 15 is 0 Å². The first-order valence-electron chi connectivity index (χ1n) is 4.65. The number of carboxylic acids is 1. The minimum atomic E-state index is -0.818. The molecule has 0 unspecified atom stereocenters. The standard InChI is InChI=1S/C10H11BrN2O2/c11-8-5-13-2-1-7(8)10(9(14)15)3-6(12)4-10/h1-2,5-6H,3-4,12H2,(H,14,15). The number of nitrogens with zero attached hydrogens (tertiary/aromatic N) is 1. The van der Waals surface area contributed by atoms with Crippen molar-refractivity contribution in [2.45, 2.75) is 24.3 Å². The van der Waals surface area contributed by atoms with Crippen molar-refractivity contribution < 1.29 is 9.90 Å². The van der Waals surface area contributed by atoms with E-state index in [1.54, 1.807) is 18.5 Å². The molecular formula is C10H11BrN2O2. The number of rotatable bonds is 2. The molecule has 0 amide bonds. The highest BCUT2D eigenvalue weighted by Crippen LogP contribution is 2.45. The Hall–Kier alpha value is -0.940. The van der Waals surface area contributed by atoms with E-state index in [1.807, 2.05) is 0 Å². The van der Waals surface area contributed by atoms with E-state index in [-0.39, 0.29) is 6.04 Å². The van der Waals surface area contributed by atoms with Crippen molar-refractivity contribution >= 4 is 21.9 Å². The molecule has 2 rings (SSSR count). The Balaban J connectivity index is 2.43. The maximum absolute atomic E-state index is 11.3. The number of hydrogen-bond acceptors (Lipinski definition) is 3. The first-order valence-corrected chi connectivity index (χ1v) is 5.44. The number of pyridine rings is 1. The Labute approximate surface area is 95.6 Å². The zero-order valence-electron chi connectivity index (χ0n) is 7.98. The fourth-order valence-corrected chi connectivity index (χ4v) is 2.74. The van der Waals surface area contributed by atoms with Crippen LogP contribution in [0.4, 0.5) is 0 Å². The van der Waals surface area contributed by atoms with Gasteiger partial charge in [-0.25, -0.2) is 0 Å². The summed E-state index contributed by atoms with van der Waals surface area (Å²) in [5, 5.41) is 9.28. The molecule has 1 aliphatic carbocycles. The average Bonchev–Trinajstić information content (AvgIpc) is 2.13. The van der Waals surface area contributed by atoms with Crippen LogP contribution < -0.4 is 5.73 Å². The van der Waals surface area contributed by atoms with Gasteiger partial charge in [0.15, 0.2) is 0 Å². The van der Waals surface area contributed by atoms with Crippen LogP contribution in [0.5, 0.6) is 0 Å². The summed E-state index contributed by atoms with van der Waals surface area (Å²) in [6.07, 6.45) is 4.20. The molecule has 1 heterocycles. The molecule has 1 aliphatic rings. The lowest BCUT2D eigenvalue weighted by Gasteiger charge is -2.43. The van der Waals surface area contributed by atoms with Gasteiger partial charge in [-0.3, -0.25) is 9.78 Å². The molecule has 4 nitrogen and oxygen atoms in total. The molecular weight excluding hydrogens is 260 g/mol. The normalized spacial score (nSPS) is 29.6. The second-order valence-electron chi connectivity index (χ2n) is 3.91. The topological polar surface area (TPSA) is 76.2 Å². The zero-order valence-corrected chi connectivity index (χ0v) is 9.57. The molecule has 80 valence electrons. The summed E-state index contributed by atoms with van der Waals surface area (Å²) in [5.41, 5.74) is 5.64. The first kappa shape index (κ1) is 10.6. The van der Waals surface area contributed by atoms with Gasteiger partial charge in [-0.1, -0.05) is 0 Å². The van der Waals surface area contributed by atoms with Gasteiger partial charge in [-0.05, 0) is 40.4 Å². The average molecular weight is 271 g/mol. The summed E-state index contributed by atoms with van der Waals surface area (Å²) in [6.45, 7) is 0. The first-order chi connectivity index (χ1) is 7.06. The van der Waals surface area contributed by atoms with Crippen molar-refractivity contribution in [3.8, 4) is 0 Å². The molecule has 1 fully saturated rings. The molecule has 0 saturated heterocycles. The number of aromatic nitrogens is 1. The number of carbonyl (C=O) groups is 1. The second-order valence-corrected chi connectivity index (χ2v) is 4.77. The summed E-state index contributed by atoms with van der Waals surface area (Å²) < 4.78 is 0.735. The van der Waals surface area contributed by atoms with Gasteiger partial charge in [-0.15, -0.1) is 0 Å². The van der Waals surface area contributed by atoms with Crippen LogP contribution in [0.1, 0.15) is 18.4 Å². The molecule has 0 aliphatic heterocycles. The molecule has 1 saturated carbocycles. The minimum Gasteiger partial charge on any atom is -0.481 e. The lowest BCUT2D eigenvalue weighted by Crippen LogP contribution is -2.54. The van der Waals surface area contributed by atoms with E-state index in [2.05, 4.69) is 20.9 Å². The van der Waals surface area contributed by atoms with Crippen LogP contribution in [-0.4, -0.2) is 22.1 Å². The molecule has 3 N–H and O–H groups in total. The highest BCUT2D eigenvalue weighted by molar-refractivity contribution is 9.10. The molecule has 0 atom stereocenters. The van der Waals surface area contributed by atoms with Gasteiger partial charge in [0.1, 0.15) is 0 Å². The van der Waals surface area contributed by atoms with E-state index in [1.165, 1.54) is 0 Å².